The largest absolute Gasteiger partial charge is 0.493 e. The molecular formula is C11H16BrNO2. The van der Waals surface area contributed by atoms with Gasteiger partial charge in [-0.15, -0.1) is 0 Å². The van der Waals surface area contributed by atoms with Gasteiger partial charge in [0.1, 0.15) is 0 Å². The van der Waals surface area contributed by atoms with Gasteiger partial charge in [-0.3, -0.25) is 0 Å². The zero-order valence-electron chi connectivity index (χ0n) is 9.26. The molecule has 1 rings (SSSR count). The zero-order valence-corrected chi connectivity index (χ0v) is 10.8. The fraction of sp³-hybridized carbons (Fsp3) is 0.455. The van der Waals surface area contributed by atoms with Gasteiger partial charge >= 0.3 is 0 Å². The van der Waals surface area contributed by atoms with Crippen molar-refractivity contribution in [3.8, 4) is 11.5 Å². The fourth-order valence-corrected chi connectivity index (χ4v) is 1.96. The summed E-state index contributed by atoms with van der Waals surface area (Å²) in [6.07, 6.45) is 0. The number of ether oxygens (including phenoxy) is 2. The summed E-state index contributed by atoms with van der Waals surface area (Å²) in [6, 6.07) is 3.93. The van der Waals surface area contributed by atoms with Crippen LogP contribution in [0.3, 0.4) is 0 Å². The van der Waals surface area contributed by atoms with Gasteiger partial charge in [0.15, 0.2) is 11.5 Å². The summed E-state index contributed by atoms with van der Waals surface area (Å²) in [5.41, 5.74) is 1.16. The van der Waals surface area contributed by atoms with E-state index in [1.807, 2.05) is 12.1 Å². The Morgan fingerprint density at radius 1 is 1.27 bits per heavy atom. The van der Waals surface area contributed by atoms with Crippen molar-refractivity contribution in [1.82, 2.24) is 5.32 Å². The lowest BCUT2D eigenvalue weighted by Gasteiger charge is -2.13. The normalized spacial score (nSPS) is 10.1. The molecule has 3 nitrogen and oxygen atoms in total. The number of hydrogen-bond donors (Lipinski definition) is 1. The van der Waals surface area contributed by atoms with Crippen LogP contribution >= 0.6 is 15.9 Å². The topological polar surface area (TPSA) is 30.5 Å². The zero-order chi connectivity index (χ0) is 11.3. The Bertz CT molecular complexity index is 329. The Morgan fingerprint density at radius 3 is 2.53 bits per heavy atom. The SMILES string of the molecule is CCNCc1ccc(OC)c(OC)c1Br. The van der Waals surface area contributed by atoms with Gasteiger partial charge in [0, 0.05) is 6.54 Å². The molecule has 1 aromatic rings. The summed E-state index contributed by atoms with van der Waals surface area (Å²) < 4.78 is 11.4. The standard InChI is InChI=1S/C11H16BrNO2/c1-4-13-7-8-5-6-9(14-2)11(15-3)10(8)12/h5-6,13H,4,7H2,1-3H3. The van der Waals surface area contributed by atoms with E-state index in [-0.39, 0.29) is 0 Å². The van der Waals surface area contributed by atoms with Crippen molar-refractivity contribution in [3.05, 3.63) is 22.2 Å². The van der Waals surface area contributed by atoms with E-state index in [9.17, 15) is 0 Å². The second kappa shape index (κ2) is 5.98. The van der Waals surface area contributed by atoms with Crippen LogP contribution in [0.2, 0.25) is 0 Å². The first kappa shape index (κ1) is 12.3. The van der Waals surface area contributed by atoms with Crippen LogP contribution in [0.4, 0.5) is 0 Å². The van der Waals surface area contributed by atoms with Crippen LogP contribution < -0.4 is 14.8 Å². The Balaban J connectivity index is 3.00. The minimum atomic E-state index is 0.740. The molecule has 0 amide bonds. The van der Waals surface area contributed by atoms with E-state index in [0.29, 0.717) is 0 Å². The maximum atomic E-state index is 5.29. The van der Waals surface area contributed by atoms with E-state index >= 15 is 0 Å². The van der Waals surface area contributed by atoms with Crippen molar-refractivity contribution in [1.29, 1.82) is 0 Å². The van der Waals surface area contributed by atoms with Gasteiger partial charge in [-0.05, 0) is 34.1 Å². The summed E-state index contributed by atoms with van der Waals surface area (Å²) in [5, 5.41) is 3.27. The minimum absolute atomic E-state index is 0.740. The first-order valence-electron chi connectivity index (χ1n) is 4.84. The van der Waals surface area contributed by atoms with Gasteiger partial charge < -0.3 is 14.8 Å². The molecule has 0 unspecified atom stereocenters. The fourth-order valence-electron chi connectivity index (χ4n) is 1.33. The van der Waals surface area contributed by atoms with Gasteiger partial charge in [-0.1, -0.05) is 13.0 Å². The molecule has 15 heavy (non-hydrogen) atoms. The third-order valence-electron chi connectivity index (χ3n) is 2.13. The molecule has 0 saturated carbocycles. The summed E-state index contributed by atoms with van der Waals surface area (Å²) >= 11 is 3.52. The summed E-state index contributed by atoms with van der Waals surface area (Å²) in [7, 11) is 3.27. The first-order valence-corrected chi connectivity index (χ1v) is 5.64. The third kappa shape index (κ3) is 2.86. The predicted octanol–water partition coefficient (Wildman–Crippen LogP) is 2.58. The number of nitrogens with one attached hydrogen (secondary N) is 1. The van der Waals surface area contributed by atoms with Gasteiger partial charge in [-0.25, -0.2) is 0 Å². The van der Waals surface area contributed by atoms with E-state index in [1.165, 1.54) is 0 Å². The Labute approximate surface area is 98.9 Å². The molecule has 0 aliphatic carbocycles. The highest BCUT2D eigenvalue weighted by molar-refractivity contribution is 9.10. The Hall–Kier alpha value is -0.740. The molecule has 4 heteroatoms. The molecule has 0 heterocycles. The Morgan fingerprint density at radius 2 is 2.00 bits per heavy atom. The lowest BCUT2D eigenvalue weighted by atomic mass is 10.2. The molecular weight excluding hydrogens is 258 g/mol. The average molecular weight is 274 g/mol. The van der Waals surface area contributed by atoms with Crippen molar-refractivity contribution >= 4 is 15.9 Å². The highest BCUT2D eigenvalue weighted by atomic mass is 79.9. The highest BCUT2D eigenvalue weighted by Gasteiger charge is 2.11. The van der Waals surface area contributed by atoms with Crippen molar-refractivity contribution in [2.45, 2.75) is 13.5 Å². The van der Waals surface area contributed by atoms with Crippen molar-refractivity contribution in [2.75, 3.05) is 20.8 Å². The molecule has 1 aromatic carbocycles. The second-order valence-corrected chi connectivity index (χ2v) is 3.85. The van der Waals surface area contributed by atoms with Crippen molar-refractivity contribution in [3.63, 3.8) is 0 Å². The van der Waals surface area contributed by atoms with Gasteiger partial charge in [0.25, 0.3) is 0 Å². The molecule has 0 atom stereocenters. The third-order valence-corrected chi connectivity index (χ3v) is 3.00. The quantitative estimate of drug-likeness (QED) is 0.895. The van der Waals surface area contributed by atoms with E-state index < -0.39 is 0 Å². The van der Waals surface area contributed by atoms with Gasteiger partial charge in [-0.2, -0.15) is 0 Å². The minimum Gasteiger partial charge on any atom is -0.493 e. The summed E-state index contributed by atoms with van der Waals surface area (Å²) in [6.45, 7) is 3.84. The molecule has 0 aliphatic rings. The van der Waals surface area contributed by atoms with Gasteiger partial charge in [0.2, 0.25) is 0 Å². The summed E-state index contributed by atoms with van der Waals surface area (Å²) in [5.74, 6) is 1.48. The first-order chi connectivity index (χ1) is 7.24. The maximum absolute atomic E-state index is 5.29. The molecule has 0 spiro atoms. The molecule has 0 bridgehead atoms. The molecule has 0 fully saturated rings. The van der Waals surface area contributed by atoms with Crippen LogP contribution in [0, 0.1) is 0 Å². The smallest absolute Gasteiger partial charge is 0.175 e. The average Bonchev–Trinajstić information content (AvgIpc) is 2.27. The second-order valence-electron chi connectivity index (χ2n) is 3.05. The van der Waals surface area contributed by atoms with Crippen LogP contribution in [0.25, 0.3) is 0 Å². The van der Waals surface area contributed by atoms with Crippen LogP contribution in [0.5, 0.6) is 11.5 Å². The monoisotopic (exact) mass is 273 g/mol. The number of halogens is 1. The molecule has 0 saturated heterocycles. The molecule has 0 radical (unpaired) electrons. The van der Waals surface area contributed by atoms with Crippen LogP contribution in [-0.2, 0) is 6.54 Å². The number of rotatable bonds is 5. The van der Waals surface area contributed by atoms with E-state index in [0.717, 1.165) is 34.6 Å². The predicted molar refractivity (Wildman–Crippen MR) is 64.6 cm³/mol. The number of hydrogen-bond acceptors (Lipinski definition) is 3. The number of methoxy groups -OCH3 is 2. The van der Waals surface area contributed by atoms with Crippen LogP contribution in [0.1, 0.15) is 12.5 Å². The molecule has 1 N–H and O–H groups in total. The Kier molecular flexibility index (Phi) is 4.91. The lowest BCUT2D eigenvalue weighted by Crippen LogP contribution is -2.12. The molecule has 84 valence electrons. The number of benzene rings is 1. The highest BCUT2D eigenvalue weighted by Crippen LogP contribution is 2.37. The van der Waals surface area contributed by atoms with Gasteiger partial charge in [0.05, 0.1) is 18.7 Å². The molecule has 0 aliphatic heterocycles. The summed E-state index contributed by atoms with van der Waals surface area (Å²) in [4.78, 5) is 0. The van der Waals surface area contributed by atoms with Crippen molar-refractivity contribution in [2.24, 2.45) is 0 Å². The van der Waals surface area contributed by atoms with E-state index in [4.69, 9.17) is 9.47 Å². The molecule has 0 aromatic heterocycles. The van der Waals surface area contributed by atoms with Crippen LogP contribution in [0.15, 0.2) is 16.6 Å². The van der Waals surface area contributed by atoms with Crippen LogP contribution in [-0.4, -0.2) is 20.8 Å². The van der Waals surface area contributed by atoms with E-state index in [2.05, 4.69) is 28.2 Å². The maximum Gasteiger partial charge on any atom is 0.175 e. The lowest BCUT2D eigenvalue weighted by molar-refractivity contribution is 0.352. The van der Waals surface area contributed by atoms with E-state index in [1.54, 1.807) is 14.2 Å². The van der Waals surface area contributed by atoms with Crippen molar-refractivity contribution < 1.29 is 9.47 Å².